The van der Waals surface area contributed by atoms with Crippen molar-refractivity contribution in [2.24, 2.45) is 0 Å². The van der Waals surface area contributed by atoms with E-state index in [-0.39, 0.29) is 54.3 Å². The van der Waals surface area contributed by atoms with Gasteiger partial charge in [-0.25, -0.2) is 0 Å². The van der Waals surface area contributed by atoms with Crippen LogP contribution in [0.1, 0.15) is 33.4 Å². The number of benzene rings is 2. The first-order chi connectivity index (χ1) is 21.4. The molecule has 6 heterocycles. The summed E-state index contributed by atoms with van der Waals surface area (Å²) in [5, 5.41) is 4.20. The van der Waals surface area contributed by atoms with Crippen LogP contribution in [0, 0.1) is 0 Å². The fourth-order valence-corrected chi connectivity index (χ4v) is 8.76. The van der Waals surface area contributed by atoms with Crippen LogP contribution < -0.4 is 29.6 Å². The summed E-state index contributed by atoms with van der Waals surface area (Å²) in [6, 6.07) is 21.6. The fraction of sp³-hybridized carbons (Fsp3) is 0.389. The van der Waals surface area contributed by atoms with Gasteiger partial charge in [0, 0.05) is 111 Å². The molecular formula is C36H47BCl2N6NaS2. The number of aromatic nitrogens is 2. The molecule has 3 radical (unpaired) electrons. The van der Waals surface area contributed by atoms with E-state index in [4.69, 9.17) is 23.2 Å². The molecule has 4 aliphatic rings. The second kappa shape index (κ2) is 18.3. The minimum Gasteiger partial charge on any atom is -1.00 e. The Bertz CT molecular complexity index is 1670. The van der Waals surface area contributed by atoms with Gasteiger partial charge < -0.3 is 25.3 Å². The molecule has 48 heavy (non-hydrogen) atoms. The zero-order valence-corrected chi connectivity index (χ0v) is 31.9. The molecule has 2 aromatic carbocycles. The fourth-order valence-electron chi connectivity index (χ4n) is 6.33. The first-order valence-electron chi connectivity index (χ1n) is 15.3. The maximum absolute atomic E-state index is 6.30. The van der Waals surface area contributed by atoms with Crippen molar-refractivity contribution in [3.05, 3.63) is 94.2 Å². The standard InChI is InChI=1S/C17H20ClN3S.C17H18ClN3S.2CH4.B.Na.H/c2*1-19-7-9-20(10-8-19)15-12-21-6-2-3-17(21)22-16-5-4-13(18)11-14(15)16;;;;;/h2-6,11,15H,7-10,12H2,1H3;2-6,11-12H,7-10H2,1H3;2*1H4;;;/q;;;;;+1;-1. The van der Waals surface area contributed by atoms with Crippen LogP contribution in [0.3, 0.4) is 0 Å². The van der Waals surface area contributed by atoms with Crippen LogP contribution in [0.15, 0.2) is 92.9 Å². The Balaban J connectivity index is 0.000000309. The van der Waals surface area contributed by atoms with E-state index in [1.807, 2.05) is 23.9 Å². The number of piperazine rings is 2. The zero-order valence-electron chi connectivity index (χ0n) is 27.8. The number of hydrogen-bond acceptors (Lipinski definition) is 6. The van der Waals surface area contributed by atoms with Crippen molar-refractivity contribution in [1.29, 1.82) is 0 Å². The summed E-state index contributed by atoms with van der Waals surface area (Å²) in [5.74, 6) is 0. The Hall–Kier alpha value is -1.24. The smallest absolute Gasteiger partial charge is 1.00 e. The normalized spacial score (nSPS) is 19.0. The molecule has 0 N–H and O–H groups in total. The number of nitrogens with zero attached hydrogens (tertiary/aromatic N) is 6. The predicted molar refractivity (Wildman–Crippen MR) is 205 cm³/mol. The van der Waals surface area contributed by atoms with Gasteiger partial charge in [0.2, 0.25) is 0 Å². The molecule has 0 spiro atoms. The molecule has 0 amide bonds. The molecule has 8 rings (SSSR count). The van der Waals surface area contributed by atoms with Crippen molar-refractivity contribution >= 4 is 67.0 Å². The van der Waals surface area contributed by atoms with Gasteiger partial charge in [-0.3, -0.25) is 4.90 Å². The first kappa shape index (κ1) is 41.2. The van der Waals surface area contributed by atoms with Gasteiger partial charge in [-0.15, -0.1) is 0 Å². The first-order valence-corrected chi connectivity index (χ1v) is 17.6. The van der Waals surface area contributed by atoms with Crippen molar-refractivity contribution < 1.29 is 31.0 Å². The van der Waals surface area contributed by atoms with E-state index in [1.165, 1.54) is 36.7 Å². The van der Waals surface area contributed by atoms with Crippen LogP contribution in [-0.4, -0.2) is 104 Å². The van der Waals surface area contributed by atoms with Crippen molar-refractivity contribution in [3.63, 3.8) is 0 Å². The van der Waals surface area contributed by atoms with E-state index >= 15 is 0 Å². The molecule has 2 saturated heterocycles. The van der Waals surface area contributed by atoms with Crippen molar-refractivity contribution in [1.82, 2.24) is 28.7 Å². The van der Waals surface area contributed by atoms with Gasteiger partial charge in [-0.2, -0.15) is 0 Å². The molecule has 0 aliphatic carbocycles. The Morgan fingerprint density at radius 2 is 1.29 bits per heavy atom. The largest absolute Gasteiger partial charge is 1.00 e. The Labute approximate surface area is 332 Å². The second-order valence-electron chi connectivity index (χ2n) is 11.9. The maximum Gasteiger partial charge on any atom is 1.00 e. The summed E-state index contributed by atoms with van der Waals surface area (Å²) >= 11 is 16.2. The van der Waals surface area contributed by atoms with E-state index < -0.39 is 0 Å². The minimum absolute atomic E-state index is 0. The number of fused-ring (bicyclic) bond motifs is 4. The molecular weight excluding hydrogens is 685 g/mol. The molecule has 4 aliphatic heterocycles. The summed E-state index contributed by atoms with van der Waals surface area (Å²) in [6.45, 7) is 9.81. The zero-order chi connectivity index (χ0) is 30.2. The van der Waals surface area contributed by atoms with Crippen LogP contribution in [0.2, 0.25) is 10.0 Å². The minimum atomic E-state index is 0. The van der Waals surface area contributed by atoms with Gasteiger partial charge >= 0.3 is 29.6 Å². The van der Waals surface area contributed by atoms with Crippen LogP contribution in [0.4, 0.5) is 0 Å². The number of hydrogen-bond donors (Lipinski definition) is 0. The number of halogens is 2. The molecule has 4 aromatic rings. The molecule has 251 valence electrons. The predicted octanol–water partition coefficient (Wildman–Crippen LogP) is 5.41. The van der Waals surface area contributed by atoms with Gasteiger partial charge in [0.15, 0.2) is 0 Å². The summed E-state index contributed by atoms with van der Waals surface area (Å²) in [6.07, 6.45) is 6.56. The molecule has 1 atom stereocenters. The van der Waals surface area contributed by atoms with Crippen LogP contribution in [-0.2, 0) is 6.54 Å². The van der Waals surface area contributed by atoms with E-state index in [0.717, 1.165) is 68.9 Å². The van der Waals surface area contributed by atoms with Crippen LogP contribution >= 0.6 is 46.7 Å². The van der Waals surface area contributed by atoms with Crippen molar-refractivity contribution in [2.75, 3.05) is 66.5 Å². The van der Waals surface area contributed by atoms with E-state index in [2.05, 4.69) is 110 Å². The Morgan fingerprint density at radius 1 is 0.708 bits per heavy atom. The third-order valence-corrected chi connectivity index (χ3v) is 11.7. The molecule has 0 saturated carbocycles. The molecule has 0 bridgehead atoms. The summed E-state index contributed by atoms with van der Waals surface area (Å²) in [5.41, 5.74) is 3.89. The average molecular weight is 733 g/mol. The molecule has 2 aromatic heterocycles. The van der Waals surface area contributed by atoms with Crippen molar-refractivity contribution in [2.45, 2.75) is 47.3 Å². The van der Waals surface area contributed by atoms with Gasteiger partial charge in [-0.05, 0) is 80.3 Å². The summed E-state index contributed by atoms with van der Waals surface area (Å²) < 4.78 is 4.59. The third-order valence-electron chi connectivity index (χ3n) is 8.96. The van der Waals surface area contributed by atoms with Crippen LogP contribution in [0.25, 0.3) is 11.9 Å². The summed E-state index contributed by atoms with van der Waals surface area (Å²) in [4.78, 5) is 12.5. The van der Waals surface area contributed by atoms with E-state index in [0.29, 0.717) is 6.04 Å². The monoisotopic (exact) mass is 731 g/mol. The Morgan fingerprint density at radius 3 is 2.00 bits per heavy atom. The van der Waals surface area contributed by atoms with Gasteiger partial charge in [-0.1, -0.05) is 61.6 Å². The Kier molecular flexibility index (Phi) is 15.7. The molecule has 12 heteroatoms. The van der Waals surface area contributed by atoms with E-state index in [1.54, 1.807) is 11.8 Å². The SMILES string of the molecule is C.C.CN1CCN(C2=Cn3cccc3Sc3ccc(Cl)cc32)CC1.CN1CCN(C2Cn3cccc3Sc3ccc(Cl)cc32)CC1.[B].[H-].[Na+]. The van der Waals surface area contributed by atoms with Gasteiger partial charge in [0.25, 0.3) is 0 Å². The maximum atomic E-state index is 6.30. The topological polar surface area (TPSA) is 22.8 Å². The third kappa shape index (κ3) is 9.16. The van der Waals surface area contributed by atoms with Crippen LogP contribution in [0.5, 0.6) is 0 Å². The molecule has 2 fully saturated rings. The number of likely N-dealkylation sites (N-methyl/N-ethyl adjacent to an activating group) is 2. The summed E-state index contributed by atoms with van der Waals surface area (Å²) in [7, 11) is 4.39. The number of rotatable bonds is 2. The average Bonchev–Trinajstić information content (AvgIpc) is 3.59. The van der Waals surface area contributed by atoms with Crippen molar-refractivity contribution in [3.8, 4) is 0 Å². The molecule has 6 nitrogen and oxygen atoms in total. The quantitative estimate of drug-likeness (QED) is 0.256. The van der Waals surface area contributed by atoms with Gasteiger partial charge in [0.05, 0.1) is 21.8 Å². The molecule has 1 unspecified atom stereocenters. The second-order valence-corrected chi connectivity index (χ2v) is 14.9. The van der Waals surface area contributed by atoms with E-state index in [9.17, 15) is 0 Å². The van der Waals surface area contributed by atoms with Gasteiger partial charge in [0.1, 0.15) is 0 Å².